The number of hydrogen-bond acceptors (Lipinski definition) is 6. The fourth-order valence-corrected chi connectivity index (χ4v) is 3.84. The van der Waals surface area contributed by atoms with Crippen LogP contribution in [0.1, 0.15) is 40.8 Å². The van der Waals surface area contributed by atoms with Crippen LogP contribution in [0.15, 0.2) is 36.0 Å². The van der Waals surface area contributed by atoms with Crippen LogP contribution < -0.4 is 5.32 Å². The van der Waals surface area contributed by atoms with Crippen molar-refractivity contribution in [2.45, 2.75) is 25.8 Å². The second-order valence-corrected chi connectivity index (χ2v) is 7.47. The quantitative estimate of drug-likeness (QED) is 0.700. The second kappa shape index (κ2) is 7.63. The van der Waals surface area contributed by atoms with E-state index >= 15 is 0 Å². The molecule has 0 aliphatic carbocycles. The van der Waals surface area contributed by atoms with Crippen molar-refractivity contribution in [3.05, 3.63) is 53.1 Å². The maximum atomic E-state index is 12.7. The van der Waals surface area contributed by atoms with Gasteiger partial charge in [0.2, 0.25) is 0 Å². The summed E-state index contributed by atoms with van der Waals surface area (Å²) in [5.74, 6) is -0.256. The Morgan fingerprint density at radius 2 is 2.25 bits per heavy atom. The number of pyridine rings is 1. The van der Waals surface area contributed by atoms with E-state index in [1.807, 2.05) is 24.4 Å². The van der Waals surface area contributed by atoms with Crippen LogP contribution >= 0.6 is 11.3 Å². The lowest BCUT2D eigenvalue weighted by molar-refractivity contribution is 0.0553. The van der Waals surface area contributed by atoms with Gasteiger partial charge in [0, 0.05) is 53.9 Å². The van der Waals surface area contributed by atoms with Gasteiger partial charge in [-0.2, -0.15) is 13.9 Å². The van der Waals surface area contributed by atoms with Crippen molar-refractivity contribution in [1.29, 1.82) is 0 Å². The van der Waals surface area contributed by atoms with Crippen LogP contribution in [-0.2, 0) is 0 Å². The van der Waals surface area contributed by atoms with Crippen molar-refractivity contribution in [3.8, 4) is 0 Å². The van der Waals surface area contributed by atoms with Crippen LogP contribution in [0.5, 0.6) is 0 Å². The van der Waals surface area contributed by atoms with Gasteiger partial charge in [-0.1, -0.05) is 0 Å². The van der Waals surface area contributed by atoms with Crippen LogP contribution in [0, 0.1) is 6.92 Å². The number of halogens is 2. The van der Waals surface area contributed by atoms with Crippen LogP contribution in [0.3, 0.4) is 0 Å². The molecule has 0 spiro atoms. The van der Waals surface area contributed by atoms with Gasteiger partial charge in [-0.05, 0) is 31.5 Å². The maximum absolute atomic E-state index is 12.7. The van der Waals surface area contributed by atoms with E-state index in [9.17, 15) is 13.6 Å². The Hall–Kier alpha value is -2.88. The first kappa shape index (κ1) is 18.5. The monoisotopic (exact) mass is 404 g/mol. The van der Waals surface area contributed by atoms with E-state index < -0.39 is 6.55 Å². The molecular formula is C18H18F2N6OS. The Morgan fingerprint density at radius 1 is 1.39 bits per heavy atom. The first-order chi connectivity index (χ1) is 13.5. The average Bonchev–Trinajstić information content (AvgIpc) is 3.41. The first-order valence-electron chi connectivity index (χ1n) is 8.77. The number of alkyl halides is 2. The van der Waals surface area contributed by atoms with Gasteiger partial charge in [-0.25, -0.2) is 9.67 Å². The SMILES string of the molecule is Cc1cc(Nc2nccs2)cc([C@H]2CCN(C(=O)c3ccn(C(F)F)n3)C2)n1. The molecule has 0 radical (unpaired) electrons. The minimum atomic E-state index is -2.76. The Kier molecular flexibility index (Phi) is 5.03. The van der Waals surface area contributed by atoms with Crippen LogP contribution in [0.2, 0.25) is 0 Å². The standard InChI is InChI=1S/C18H18F2N6OS/c1-11-8-13(23-18-21-4-7-28-18)9-15(22-11)12-2-5-25(10-12)16(27)14-3-6-26(24-14)17(19)20/h3-4,6-9,12,17H,2,5,10H2,1H3,(H,21,22,23)/t12-/m0/s1. The van der Waals surface area contributed by atoms with Crippen molar-refractivity contribution < 1.29 is 13.6 Å². The number of rotatable bonds is 5. The molecule has 0 aromatic carbocycles. The van der Waals surface area contributed by atoms with E-state index in [2.05, 4.69) is 20.4 Å². The molecule has 0 bridgehead atoms. The minimum absolute atomic E-state index is 0.0317. The van der Waals surface area contributed by atoms with Crippen LogP contribution in [0.4, 0.5) is 19.6 Å². The average molecular weight is 404 g/mol. The summed E-state index contributed by atoms with van der Waals surface area (Å²) in [6, 6.07) is 5.24. The normalized spacial score (nSPS) is 16.7. The van der Waals surface area contributed by atoms with Crippen LogP contribution in [0.25, 0.3) is 0 Å². The Labute approximate surface area is 164 Å². The summed E-state index contributed by atoms with van der Waals surface area (Å²) in [6.45, 7) is 0.183. The number of nitrogens with zero attached hydrogens (tertiary/aromatic N) is 5. The van der Waals surface area contributed by atoms with Gasteiger partial charge in [-0.15, -0.1) is 11.3 Å². The van der Waals surface area contributed by atoms with Gasteiger partial charge in [0.05, 0.1) is 0 Å². The number of aryl methyl sites for hydroxylation is 1. The molecule has 3 aromatic rings. The molecule has 4 heterocycles. The molecule has 4 rings (SSSR count). The number of likely N-dealkylation sites (tertiary alicyclic amines) is 1. The summed E-state index contributed by atoms with van der Waals surface area (Å²) in [5.41, 5.74) is 2.70. The molecule has 1 atom stereocenters. The molecule has 0 saturated carbocycles. The molecule has 1 fully saturated rings. The Bertz CT molecular complexity index is 974. The number of anilines is 2. The van der Waals surface area contributed by atoms with E-state index in [1.165, 1.54) is 17.4 Å². The third kappa shape index (κ3) is 3.86. The van der Waals surface area contributed by atoms with Gasteiger partial charge in [0.1, 0.15) is 0 Å². The largest absolute Gasteiger partial charge is 0.337 e. The van der Waals surface area contributed by atoms with E-state index in [0.717, 1.165) is 34.8 Å². The maximum Gasteiger partial charge on any atom is 0.333 e. The highest BCUT2D eigenvalue weighted by Gasteiger charge is 2.30. The van der Waals surface area contributed by atoms with E-state index in [4.69, 9.17) is 0 Å². The number of nitrogens with one attached hydrogen (secondary N) is 1. The highest BCUT2D eigenvalue weighted by Crippen LogP contribution is 2.30. The van der Waals surface area contributed by atoms with Crippen molar-refractivity contribution in [3.63, 3.8) is 0 Å². The molecule has 3 aromatic heterocycles. The van der Waals surface area contributed by atoms with E-state index in [0.29, 0.717) is 17.8 Å². The zero-order valence-electron chi connectivity index (χ0n) is 15.0. The fraction of sp³-hybridized carbons (Fsp3) is 0.333. The Morgan fingerprint density at radius 3 is 2.96 bits per heavy atom. The summed E-state index contributed by atoms with van der Waals surface area (Å²) in [6.07, 6.45) is 3.61. The van der Waals surface area contributed by atoms with Crippen LogP contribution in [-0.4, -0.2) is 43.6 Å². The van der Waals surface area contributed by atoms with Gasteiger partial charge < -0.3 is 10.2 Å². The summed E-state index contributed by atoms with van der Waals surface area (Å²) < 4.78 is 25.8. The second-order valence-electron chi connectivity index (χ2n) is 6.58. The topological polar surface area (TPSA) is 75.9 Å². The molecule has 10 heteroatoms. The van der Waals surface area contributed by atoms with E-state index in [-0.39, 0.29) is 17.5 Å². The molecule has 1 aliphatic heterocycles. The van der Waals surface area contributed by atoms with Crippen molar-refractivity contribution in [2.75, 3.05) is 18.4 Å². The van der Waals surface area contributed by atoms with Gasteiger partial charge in [0.25, 0.3) is 5.91 Å². The lowest BCUT2D eigenvalue weighted by atomic mass is 10.0. The molecule has 0 unspecified atom stereocenters. The predicted octanol–water partition coefficient (Wildman–Crippen LogP) is 3.81. The number of carbonyl (C=O) groups excluding carboxylic acids is 1. The molecule has 146 valence electrons. The molecule has 1 saturated heterocycles. The number of hydrogen-bond donors (Lipinski definition) is 1. The predicted molar refractivity (Wildman–Crippen MR) is 101 cm³/mol. The number of carbonyl (C=O) groups is 1. The lowest BCUT2D eigenvalue weighted by Crippen LogP contribution is -2.29. The molecule has 1 N–H and O–H groups in total. The summed E-state index contributed by atoms with van der Waals surface area (Å²) in [7, 11) is 0. The number of aromatic nitrogens is 4. The summed E-state index contributed by atoms with van der Waals surface area (Å²) in [4.78, 5) is 23.1. The molecule has 1 aliphatic rings. The lowest BCUT2D eigenvalue weighted by Gasteiger charge is -2.16. The molecular weight excluding hydrogens is 386 g/mol. The highest BCUT2D eigenvalue weighted by atomic mass is 32.1. The van der Waals surface area contributed by atoms with Gasteiger partial charge >= 0.3 is 6.55 Å². The molecule has 28 heavy (non-hydrogen) atoms. The third-order valence-corrected chi connectivity index (χ3v) is 5.27. The summed E-state index contributed by atoms with van der Waals surface area (Å²) >= 11 is 1.51. The number of amides is 1. The summed E-state index contributed by atoms with van der Waals surface area (Å²) in [5, 5.41) is 9.63. The van der Waals surface area contributed by atoms with Crippen molar-refractivity contribution >= 4 is 28.1 Å². The number of thiazole rings is 1. The first-order valence-corrected chi connectivity index (χ1v) is 9.65. The third-order valence-electron chi connectivity index (χ3n) is 4.58. The van der Waals surface area contributed by atoms with Crippen molar-refractivity contribution in [1.82, 2.24) is 24.6 Å². The van der Waals surface area contributed by atoms with E-state index in [1.54, 1.807) is 11.1 Å². The zero-order valence-corrected chi connectivity index (χ0v) is 15.9. The van der Waals surface area contributed by atoms with Gasteiger partial charge in [-0.3, -0.25) is 9.78 Å². The van der Waals surface area contributed by atoms with Crippen molar-refractivity contribution in [2.24, 2.45) is 0 Å². The highest BCUT2D eigenvalue weighted by molar-refractivity contribution is 7.13. The fourth-order valence-electron chi connectivity index (χ4n) is 3.29. The molecule has 1 amide bonds. The molecule has 7 nitrogen and oxygen atoms in total. The zero-order chi connectivity index (χ0) is 19.7. The van der Waals surface area contributed by atoms with Gasteiger partial charge in [0.15, 0.2) is 10.8 Å². The minimum Gasteiger partial charge on any atom is -0.337 e. The Balaban J connectivity index is 1.47. The smallest absolute Gasteiger partial charge is 0.333 e.